The van der Waals surface area contributed by atoms with E-state index in [1.165, 1.54) is 5.56 Å². The van der Waals surface area contributed by atoms with Crippen molar-refractivity contribution in [1.29, 1.82) is 0 Å². The molecule has 0 unspecified atom stereocenters. The molecule has 4 aliphatic rings. The first-order valence-corrected chi connectivity index (χ1v) is 8.76. The highest BCUT2D eigenvalue weighted by atomic mass is 16.7. The number of carbonyl (C=O) groups excluding carboxylic acids is 1. The van der Waals surface area contributed by atoms with Gasteiger partial charge in [-0.05, 0) is 47.4 Å². The van der Waals surface area contributed by atoms with Crippen molar-refractivity contribution in [1.82, 2.24) is 0 Å². The number of carbonyl (C=O) groups is 1. The molecule has 26 heavy (non-hydrogen) atoms. The van der Waals surface area contributed by atoms with Crippen molar-refractivity contribution in [2.75, 3.05) is 20.2 Å². The van der Waals surface area contributed by atoms with Crippen LogP contribution in [0.25, 0.3) is 0 Å². The Morgan fingerprint density at radius 1 is 0.808 bits per heavy atom. The Morgan fingerprint density at radius 2 is 1.54 bits per heavy atom. The van der Waals surface area contributed by atoms with E-state index in [1.807, 2.05) is 24.3 Å². The summed E-state index contributed by atoms with van der Waals surface area (Å²) in [5.41, 5.74) is 3.33. The lowest BCUT2D eigenvalue weighted by Gasteiger charge is -2.33. The minimum Gasteiger partial charge on any atom is -0.465 e. The maximum absolute atomic E-state index is 12.5. The molecule has 2 aromatic carbocycles. The molecule has 6 nitrogen and oxygen atoms in total. The summed E-state index contributed by atoms with van der Waals surface area (Å²) in [7, 11) is 0. The average molecular weight is 352 g/mol. The largest absolute Gasteiger partial charge is 0.465 e. The maximum Gasteiger partial charge on any atom is 0.310 e. The molecule has 0 saturated carbocycles. The van der Waals surface area contributed by atoms with Crippen LogP contribution in [0.2, 0.25) is 0 Å². The van der Waals surface area contributed by atoms with Crippen LogP contribution in [0.1, 0.15) is 22.6 Å². The van der Waals surface area contributed by atoms with Crippen molar-refractivity contribution in [2.45, 2.75) is 12.3 Å². The number of fused-ring (bicyclic) bond motifs is 4. The zero-order valence-electron chi connectivity index (χ0n) is 13.9. The molecule has 0 radical (unpaired) electrons. The van der Waals surface area contributed by atoms with E-state index in [0.717, 1.165) is 40.5 Å². The van der Waals surface area contributed by atoms with Gasteiger partial charge in [0.15, 0.2) is 23.0 Å². The number of hydrogen-bond donors (Lipinski definition) is 0. The van der Waals surface area contributed by atoms with Gasteiger partial charge in [0.05, 0.1) is 12.5 Å². The maximum atomic E-state index is 12.5. The molecule has 6 heteroatoms. The molecular formula is C20H16O6. The molecular weight excluding hydrogens is 336 g/mol. The molecule has 0 spiro atoms. The lowest BCUT2D eigenvalue weighted by Crippen LogP contribution is -2.31. The monoisotopic (exact) mass is 352 g/mol. The number of ether oxygens (including phenoxy) is 5. The van der Waals surface area contributed by atoms with Crippen molar-refractivity contribution >= 4 is 5.97 Å². The van der Waals surface area contributed by atoms with E-state index in [1.54, 1.807) is 0 Å². The van der Waals surface area contributed by atoms with Gasteiger partial charge in [-0.1, -0.05) is 6.07 Å². The van der Waals surface area contributed by atoms with Crippen LogP contribution < -0.4 is 18.9 Å². The molecule has 132 valence electrons. The van der Waals surface area contributed by atoms with Gasteiger partial charge in [0.25, 0.3) is 0 Å². The molecule has 6 rings (SSSR count). The highest BCUT2D eigenvalue weighted by molar-refractivity contribution is 5.78. The Balaban J connectivity index is 1.54. The van der Waals surface area contributed by atoms with Crippen LogP contribution in [0, 0.1) is 11.8 Å². The average Bonchev–Trinajstić information content (AvgIpc) is 3.37. The summed E-state index contributed by atoms with van der Waals surface area (Å²) < 4.78 is 27.5. The standard InChI is InChI=1S/C20H16O6/c21-20-19-12(7-22-20)3-11-5-16-17(26-9-25-16)6-13(11)18(19)10-1-2-14-15(4-10)24-8-23-14/h1-2,4-6,12,18-19H,3,7-9H2/t12-,18+,19+/m0/s1. The second-order valence-electron chi connectivity index (χ2n) is 7.11. The first kappa shape index (κ1) is 14.3. The topological polar surface area (TPSA) is 63.2 Å². The Hall–Kier alpha value is -2.89. The lowest BCUT2D eigenvalue weighted by molar-refractivity contribution is -0.141. The zero-order chi connectivity index (χ0) is 17.3. The van der Waals surface area contributed by atoms with Gasteiger partial charge in [-0.2, -0.15) is 0 Å². The predicted octanol–water partition coefficient (Wildman–Crippen LogP) is 2.62. The molecule has 0 N–H and O–H groups in total. The Labute approximate surface area is 149 Å². The first-order valence-electron chi connectivity index (χ1n) is 8.76. The summed E-state index contributed by atoms with van der Waals surface area (Å²) in [6.07, 6.45) is 0.809. The van der Waals surface area contributed by atoms with E-state index in [-0.39, 0.29) is 37.3 Å². The fourth-order valence-electron chi connectivity index (χ4n) is 4.61. The first-order chi connectivity index (χ1) is 12.8. The Morgan fingerprint density at radius 3 is 2.38 bits per heavy atom. The van der Waals surface area contributed by atoms with E-state index in [2.05, 4.69) is 6.07 Å². The van der Waals surface area contributed by atoms with Crippen molar-refractivity contribution in [3.63, 3.8) is 0 Å². The van der Waals surface area contributed by atoms with Gasteiger partial charge in [0.2, 0.25) is 13.6 Å². The summed E-state index contributed by atoms with van der Waals surface area (Å²) in [5.74, 6) is 2.73. The molecule has 3 heterocycles. The molecule has 0 amide bonds. The number of cyclic esters (lactones) is 1. The highest BCUT2D eigenvalue weighted by Crippen LogP contribution is 2.51. The van der Waals surface area contributed by atoms with E-state index < -0.39 is 0 Å². The molecule has 1 fully saturated rings. The van der Waals surface area contributed by atoms with E-state index in [9.17, 15) is 4.79 Å². The van der Waals surface area contributed by atoms with Crippen LogP contribution in [0.4, 0.5) is 0 Å². The molecule has 1 aliphatic carbocycles. The van der Waals surface area contributed by atoms with Gasteiger partial charge in [-0.15, -0.1) is 0 Å². The smallest absolute Gasteiger partial charge is 0.310 e. The van der Waals surface area contributed by atoms with E-state index in [4.69, 9.17) is 23.7 Å². The van der Waals surface area contributed by atoms with Crippen LogP contribution in [-0.2, 0) is 16.0 Å². The summed E-state index contributed by atoms with van der Waals surface area (Å²) in [6, 6.07) is 9.98. The van der Waals surface area contributed by atoms with Gasteiger partial charge in [-0.25, -0.2) is 0 Å². The van der Waals surface area contributed by atoms with Gasteiger partial charge in [-0.3, -0.25) is 4.79 Å². The molecule has 0 bridgehead atoms. The van der Waals surface area contributed by atoms with Gasteiger partial charge in [0, 0.05) is 11.8 Å². The van der Waals surface area contributed by atoms with Crippen LogP contribution in [0.15, 0.2) is 30.3 Å². The van der Waals surface area contributed by atoms with Crippen LogP contribution in [0.3, 0.4) is 0 Å². The molecule has 1 saturated heterocycles. The second kappa shape index (κ2) is 5.06. The van der Waals surface area contributed by atoms with E-state index >= 15 is 0 Å². The zero-order valence-corrected chi connectivity index (χ0v) is 13.9. The lowest BCUT2D eigenvalue weighted by atomic mass is 9.67. The highest BCUT2D eigenvalue weighted by Gasteiger charge is 2.48. The summed E-state index contributed by atoms with van der Waals surface area (Å²) >= 11 is 0. The van der Waals surface area contributed by atoms with Crippen LogP contribution in [-0.4, -0.2) is 26.2 Å². The van der Waals surface area contributed by atoms with Gasteiger partial charge < -0.3 is 23.7 Å². The molecule has 2 aromatic rings. The van der Waals surface area contributed by atoms with Gasteiger partial charge in [0.1, 0.15) is 0 Å². The fourth-order valence-corrected chi connectivity index (χ4v) is 4.61. The third kappa shape index (κ3) is 1.90. The van der Waals surface area contributed by atoms with Crippen LogP contribution in [0.5, 0.6) is 23.0 Å². The van der Waals surface area contributed by atoms with Crippen LogP contribution >= 0.6 is 0 Å². The van der Waals surface area contributed by atoms with Crippen molar-refractivity contribution in [3.05, 3.63) is 47.0 Å². The SMILES string of the molecule is O=C1OC[C@@H]2Cc3cc4c(cc3[C@@H](c3ccc5c(c3)OCO5)[C@H]12)OCO4. The molecule has 3 atom stereocenters. The molecule has 3 aliphatic heterocycles. The van der Waals surface area contributed by atoms with Crippen molar-refractivity contribution in [3.8, 4) is 23.0 Å². The number of hydrogen-bond acceptors (Lipinski definition) is 6. The fraction of sp³-hybridized carbons (Fsp3) is 0.350. The minimum absolute atomic E-state index is 0.0947. The van der Waals surface area contributed by atoms with Crippen molar-refractivity contribution in [2.24, 2.45) is 11.8 Å². The number of rotatable bonds is 1. The minimum atomic E-state index is -0.191. The third-order valence-corrected chi connectivity index (χ3v) is 5.79. The molecule has 0 aromatic heterocycles. The number of esters is 1. The normalized spacial score (nSPS) is 27.1. The number of benzene rings is 2. The van der Waals surface area contributed by atoms with Gasteiger partial charge >= 0.3 is 5.97 Å². The summed E-state index contributed by atoms with van der Waals surface area (Å²) in [6.45, 7) is 0.938. The third-order valence-electron chi connectivity index (χ3n) is 5.79. The summed E-state index contributed by atoms with van der Waals surface area (Å²) in [5, 5.41) is 0. The second-order valence-corrected chi connectivity index (χ2v) is 7.11. The summed E-state index contributed by atoms with van der Waals surface area (Å²) in [4.78, 5) is 12.5. The Bertz CT molecular complexity index is 936. The Kier molecular flexibility index (Phi) is 2.78. The predicted molar refractivity (Wildman–Crippen MR) is 88.6 cm³/mol. The van der Waals surface area contributed by atoms with E-state index in [0.29, 0.717) is 6.61 Å². The quantitative estimate of drug-likeness (QED) is 0.735. The van der Waals surface area contributed by atoms with Crippen molar-refractivity contribution < 1.29 is 28.5 Å².